The smallest absolute Gasteiger partial charge is 0.276 e. The van der Waals surface area contributed by atoms with Crippen LogP contribution in [0.5, 0.6) is 0 Å². The lowest BCUT2D eigenvalue weighted by Gasteiger charge is -2.35. The van der Waals surface area contributed by atoms with E-state index in [1.165, 1.54) is 23.2 Å². The van der Waals surface area contributed by atoms with Crippen LogP contribution < -0.4 is 16.2 Å². The Morgan fingerprint density at radius 1 is 1.31 bits per heavy atom. The summed E-state index contributed by atoms with van der Waals surface area (Å²) in [6.45, 7) is 0. The van der Waals surface area contributed by atoms with Gasteiger partial charge in [-0.2, -0.15) is 0 Å². The molecule has 1 spiro atoms. The quantitative estimate of drug-likeness (QED) is 0.793. The molecule has 1 fully saturated rings. The van der Waals surface area contributed by atoms with Crippen LogP contribution in [0.25, 0.3) is 0 Å². The Labute approximate surface area is 154 Å². The minimum Gasteiger partial charge on any atom is -0.335 e. The normalized spacial score (nSPS) is 17.5. The highest BCUT2D eigenvalue weighted by Gasteiger charge is 2.45. The summed E-state index contributed by atoms with van der Waals surface area (Å²) in [7, 11) is 0. The second kappa shape index (κ2) is 6.15. The van der Waals surface area contributed by atoms with Crippen LogP contribution in [0.1, 0.15) is 48.2 Å². The molecule has 2 aromatic rings. The van der Waals surface area contributed by atoms with E-state index in [-0.39, 0.29) is 27.9 Å². The summed E-state index contributed by atoms with van der Waals surface area (Å²) in [4.78, 5) is 33.6. The molecule has 1 aliphatic heterocycles. The van der Waals surface area contributed by atoms with Gasteiger partial charge in [0, 0.05) is 6.20 Å². The fourth-order valence-electron chi connectivity index (χ4n) is 3.77. The van der Waals surface area contributed by atoms with Gasteiger partial charge < -0.3 is 10.6 Å². The van der Waals surface area contributed by atoms with Gasteiger partial charge in [0.25, 0.3) is 11.5 Å². The standard InChI is InChI=1S/C18H16ClN5O2/c1-2-11-9-20-10-21-15(11)22-13-8-12(19)14-16(25)23-18(24(14)17(13)26)6-4-3-5-7-18/h1,8-10H,3-7H2,(H,23,25)(H,20,21,22). The summed E-state index contributed by atoms with van der Waals surface area (Å²) in [5.41, 5.74) is -0.176. The number of amides is 1. The molecule has 0 radical (unpaired) electrons. The highest BCUT2D eigenvalue weighted by molar-refractivity contribution is 6.34. The van der Waals surface area contributed by atoms with E-state index in [9.17, 15) is 9.59 Å². The minimum absolute atomic E-state index is 0.211. The van der Waals surface area contributed by atoms with E-state index in [2.05, 4.69) is 26.5 Å². The van der Waals surface area contributed by atoms with Crippen LogP contribution in [0.15, 0.2) is 23.4 Å². The van der Waals surface area contributed by atoms with E-state index >= 15 is 0 Å². The summed E-state index contributed by atoms with van der Waals surface area (Å²) in [6.07, 6.45) is 12.6. The van der Waals surface area contributed by atoms with Gasteiger partial charge in [0.05, 0.1) is 10.6 Å². The van der Waals surface area contributed by atoms with Crippen LogP contribution in [-0.2, 0) is 5.66 Å². The number of rotatable bonds is 2. The van der Waals surface area contributed by atoms with Crippen molar-refractivity contribution in [2.24, 2.45) is 0 Å². The summed E-state index contributed by atoms with van der Waals surface area (Å²) in [5, 5.41) is 6.14. The van der Waals surface area contributed by atoms with Gasteiger partial charge in [-0.05, 0) is 31.7 Å². The lowest BCUT2D eigenvalue weighted by molar-refractivity contribution is 0.0877. The third-order valence-electron chi connectivity index (χ3n) is 4.95. The molecule has 0 aromatic carbocycles. The molecule has 3 heterocycles. The molecule has 7 nitrogen and oxygen atoms in total. The number of pyridine rings is 1. The summed E-state index contributed by atoms with van der Waals surface area (Å²) in [6, 6.07) is 1.44. The Balaban J connectivity index is 1.86. The van der Waals surface area contributed by atoms with Crippen molar-refractivity contribution in [3.8, 4) is 12.3 Å². The number of terminal acetylenes is 1. The number of nitrogens with zero attached hydrogens (tertiary/aromatic N) is 3. The van der Waals surface area contributed by atoms with Crippen LogP contribution in [-0.4, -0.2) is 20.4 Å². The fourth-order valence-corrected chi connectivity index (χ4v) is 4.05. The molecular weight excluding hydrogens is 354 g/mol. The summed E-state index contributed by atoms with van der Waals surface area (Å²) < 4.78 is 1.51. The Morgan fingerprint density at radius 3 is 2.81 bits per heavy atom. The first kappa shape index (κ1) is 16.6. The van der Waals surface area contributed by atoms with Gasteiger partial charge in [0.2, 0.25) is 0 Å². The van der Waals surface area contributed by atoms with Crippen molar-refractivity contribution in [2.75, 3.05) is 5.32 Å². The van der Waals surface area contributed by atoms with Gasteiger partial charge in [-0.3, -0.25) is 14.2 Å². The van der Waals surface area contributed by atoms with Crippen LogP contribution in [0.3, 0.4) is 0 Å². The maximum atomic E-state index is 13.2. The van der Waals surface area contributed by atoms with Crippen LogP contribution in [0, 0.1) is 12.3 Å². The van der Waals surface area contributed by atoms with E-state index in [4.69, 9.17) is 18.0 Å². The van der Waals surface area contributed by atoms with Gasteiger partial charge in [0.15, 0.2) is 0 Å². The average Bonchev–Trinajstić information content (AvgIpc) is 2.92. The molecule has 0 unspecified atom stereocenters. The summed E-state index contributed by atoms with van der Waals surface area (Å²) in [5.74, 6) is 2.50. The summed E-state index contributed by atoms with van der Waals surface area (Å²) >= 11 is 6.35. The zero-order chi connectivity index (χ0) is 18.3. The number of carbonyl (C=O) groups is 1. The molecule has 4 rings (SSSR count). The Morgan fingerprint density at radius 2 is 2.08 bits per heavy atom. The fraction of sp³-hybridized carbons (Fsp3) is 0.333. The van der Waals surface area contributed by atoms with E-state index in [0.717, 1.165) is 19.3 Å². The van der Waals surface area contributed by atoms with Crippen molar-refractivity contribution < 1.29 is 4.79 Å². The topological polar surface area (TPSA) is 88.9 Å². The third-order valence-corrected chi connectivity index (χ3v) is 5.23. The number of aromatic nitrogens is 3. The van der Waals surface area contributed by atoms with Gasteiger partial charge >= 0.3 is 0 Å². The van der Waals surface area contributed by atoms with Crippen molar-refractivity contribution >= 4 is 29.0 Å². The SMILES string of the molecule is C#Cc1cncnc1Nc1cc(Cl)c2n(c1=O)C1(CCCCC1)NC2=O. The molecule has 132 valence electrons. The predicted octanol–water partition coefficient (Wildman–Crippen LogP) is 2.38. The first-order valence-electron chi connectivity index (χ1n) is 8.38. The molecule has 0 saturated heterocycles. The molecule has 0 bridgehead atoms. The zero-order valence-corrected chi connectivity index (χ0v) is 14.6. The molecule has 2 aliphatic rings. The van der Waals surface area contributed by atoms with Crippen molar-refractivity contribution in [3.05, 3.63) is 45.2 Å². The third kappa shape index (κ3) is 2.45. The molecular formula is C18H16ClN5O2. The Bertz CT molecular complexity index is 1000. The molecule has 8 heteroatoms. The van der Waals surface area contributed by atoms with Crippen molar-refractivity contribution in [2.45, 2.75) is 37.8 Å². The average molecular weight is 370 g/mol. The van der Waals surface area contributed by atoms with Crippen LogP contribution in [0.4, 0.5) is 11.5 Å². The van der Waals surface area contributed by atoms with Crippen molar-refractivity contribution in [1.29, 1.82) is 0 Å². The highest BCUT2D eigenvalue weighted by Crippen LogP contribution is 2.38. The van der Waals surface area contributed by atoms with Crippen molar-refractivity contribution in [1.82, 2.24) is 19.9 Å². The van der Waals surface area contributed by atoms with Crippen molar-refractivity contribution in [3.63, 3.8) is 0 Å². The lowest BCUT2D eigenvalue weighted by Crippen LogP contribution is -2.48. The highest BCUT2D eigenvalue weighted by atomic mass is 35.5. The van der Waals surface area contributed by atoms with Gasteiger partial charge in [-0.25, -0.2) is 9.97 Å². The second-order valence-electron chi connectivity index (χ2n) is 6.50. The number of hydrogen-bond acceptors (Lipinski definition) is 5. The number of anilines is 2. The number of carbonyl (C=O) groups excluding carboxylic acids is 1. The Kier molecular flexibility index (Phi) is 3.93. The maximum Gasteiger partial charge on any atom is 0.276 e. The first-order valence-corrected chi connectivity index (χ1v) is 8.76. The van der Waals surface area contributed by atoms with Gasteiger partial charge in [-0.15, -0.1) is 6.42 Å². The van der Waals surface area contributed by atoms with E-state index in [1.54, 1.807) is 0 Å². The number of hydrogen-bond donors (Lipinski definition) is 2. The predicted molar refractivity (Wildman–Crippen MR) is 97.5 cm³/mol. The minimum atomic E-state index is -0.705. The maximum absolute atomic E-state index is 13.2. The monoisotopic (exact) mass is 369 g/mol. The molecule has 1 aliphatic carbocycles. The molecule has 2 aromatic heterocycles. The number of halogens is 1. The second-order valence-corrected chi connectivity index (χ2v) is 6.90. The molecule has 1 saturated carbocycles. The van der Waals surface area contributed by atoms with Crippen LogP contribution in [0.2, 0.25) is 5.02 Å². The number of fused-ring (bicyclic) bond motifs is 2. The van der Waals surface area contributed by atoms with Gasteiger partial charge in [-0.1, -0.05) is 23.9 Å². The van der Waals surface area contributed by atoms with Crippen LogP contribution >= 0.6 is 11.6 Å². The largest absolute Gasteiger partial charge is 0.335 e. The van der Waals surface area contributed by atoms with Gasteiger partial charge in [0.1, 0.15) is 29.2 Å². The molecule has 1 amide bonds. The molecule has 26 heavy (non-hydrogen) atoms. The van der Waals surface area contributed by atoms with E-state index < -0.39 is 5.66 Å². The first-order chi connectivity index (χ1) is 12.6. The molecule has 2 N–H and O–H groups in total. The number of nitrogens with one attached hydrogen (secondary N) is 2. The Hall–Kier alpha value is -2.85. The van der Waals surface area contributed by atoms with E-state index in [1.807, 2.05) is 0 Å². The zero-order valence-electron chi connectivity index (χ0n) is 13.9. The molecule has 0 atom stereocenters. The van der Waals surface area contributed by atoms with E-state index in [0.29, 0.717) is 24.2 Å². The lowest BCUT2D eigenvalue weighted by atomic mass is 9.89.